The minimum Gasteiger partial charge on any atom is -0.497 e. The second kappa shape index (κ2) is 7.47. The van der Waals surface area contributed by atoms with Crippen molar-refractivity contribution < 1.29 is 14.3 Å². The predicted molar refractivity (Wildman–Crippen MR) is 104 cm³/mol. The van der Waals surface area contributed by atoms with Crippen LogP contribution in [0.1, 0.15) is 11.6 Å². The third kappa shape index (κ3) is 3.47. The predicted octanol–water partition coefficient (Wildman–Crippen LogP) is 4.04. The first-order chi connectivity index (χ1) is 13.3. The summed E-state index contributed by atoms with van der Waals surface area (Å²) in [6, 6.07) is 19.0. The van der Waals surface area contributed by atoms with Gasteiger partial charge in [0.1, 0.15) is 23.7 Å². The Morgan fingerprint density at radius 2 is 1.85 bits per heavy atom. The molecule has 1 atom stereocenters. The number of anilines is 1. The lowest BCUT2D eigenvalue weighted by Gasteiger charge is -2.17. The smallest absolute Gasteiger partial charge is 0.231 e. The molecule has 136 valence electrons. The number of furan rings is 1. The summed E-state index contributed by atoms with van der Waals surface area (Å²) in [4.78, 5) is 8.56. The fourth-order valence-corrected chi connectivity index (χ4v) is 2.95. The fourth-order valence-electron chi connectivity index (χ4n) is 2.95. The van der Waals surface area contributed by atoms with Crippen LogP contribution in [0.4, 0.5) is 5.82 Å². The Balaban J connectivity index is 1.68. The maximum absolute atomic E-state index is 9.80. The molecule has 2 heterocycles. The maximum Gasteiger partial charge on any atom is 0.231 e. The number of aromatic nitrogens is 2. The molecule has 0 bridgehead atoms. The van der Waals surface area contributed by atoms with E-state index >= 15 is 0 Å². The number of benzene rings is 2. The summed E-state index contributed by atoms with van der Waals surface area (Å²) in [6.07, 6.45) is 1.45. The highest BCUT2D eigenvalue weighted by atomic mass is 16.5. The molecule has 2 aromatic carbocycles. The summed E-state index contributed by atoms with van der Waals surface area (Å²) in [6.45, 7) is -0.0568. The third-order valence-electron chi connectivity index (χ3n) is 4.40. The van der Waals surface area contributed by atoms with Crippen molar-refractivity contribution in [3.63, 3.8) is 0 Å². The summed E-state index contributed by atoms with van der Waals surface area (Å²) in [5.74, 6) is 2.09. The first-order valence-corrected chi connectivity index (χ1v) is 8.60. The number of ether oxygens (including phenoxy) is 1. The number of rotatable bonds is 6. The number of methoxy groups -OCH3 is 1. The fraction of sp³-hybridized carbons (Fsp3) is 0.143. The molecule has 1 unspecified atom stereocenters. The van der Waals surface area contributed by atoms with Crippen LogP contribution in [0.2, 0.25) is 0 Å². The van der Waals surface area contributed by atoms with Gasteiger partial charge in [0.15, 0.2) is 0 Å². The average Bonchev–Trinajstić information content (AvgIpc) is 3.18. The number of hydrogen-bond acceptors (Lipinski definition) is 6. The van der Waals surface area contributed by atoms with Gasteiger partial charge in [-0.3, -0.25) is 0 Å². The van der Waals surface area contributed by atoms with Gasteiger partial charge in [0.2, 0.25) is 5.71 Å². The van der Waals surface area contributed by atoms with Gasteiger partial charge >= 0.3 is 0 Å². The van der Waals surface area contributed by atoms with Crippen molar-refractivity contribution in [3.8, 4) is 17.1 Å². The lowest BCUT2D eigenvalue weighted by Crippen LogP contribution is -2.15. The number of hydrogen-bond donors (Lipinski definition) is 2. The zero-order chi connectivity index (χ0) is 18.6. The van der Waals surface area contributed by atoms with Crippen molar-refractivity contribution >= 4 is 16.9 Å². The monoisotopic (exact) mass is 361 g/mol. The van der Waals surface area contributed by atoms with E-state index in [2.05, 4.69) is 15.3 Å². The molecule has 2 N–H and O–H groups in total. The van der Waals surface area contributed by atoms with Crippen LogP contribution in [0.5, 0.6) is 5.75 Å². The van der Waals surface area contributed by atoms with Crippen LogP contribution >= 0.6 is 0 Å². The third-order valence-corrected chi connectivity index (χ3v) is 4.40. The first-order valence-electron chi connectivity index (χ1n) is 8.60. The summed E-state index contributed by atoms with van der Waals surface area (Å²) in [5, 5.41) is 13.9. The Morgan fingerprint density at radius 1 is 1.07 bits per heavy atom. The molecule has 0 radical (unpaired) electrons. The molecule has 0 aliphatic carbocycles. The van der Waals surface area contributed by atoms with Crippen LogP contribution in [0.25, 0.3) is 22.4 Å². The SMILES string of the molecule is COc1ccc(-c2cc3c(NC(CO)c4ccccc4)ncnc3o2)cc1. The number of nitrogens with zero attached hydrogens (tertiary/aromatic N) is 2. The van der Waals surface area contributed by atoms with E-state index < -0.39 is 0 Å². The standard InChI is InChI=1S/C21H19N3O3/c1-26-16-9-7-15(8-10-16)19-11-17-20(22-13-23-21(17)27-19)24-18(12-25)14-5-3-2-4-6-14/h2-11,13,18,25H,12H2,1H3,(H,22,23,24). The number of aliphatic hydroxyl groups excluding tert-OH is 1. The Bertz CT molecular complexity index is 1030. The number of aliphatic hydroxyl groups is 1. The molecule has 0 fully saturated rings. The topological polar surface area (TPSA) is 80.4 Å². The lowest BCUT2D eigenvalue weighted by molar-refractivity contribution is 0.276. The number of nitrogens with one attached hydrogen (secondary N) is 1. The highest BCUT2D eigenvalue weighted by Gasteiger charge is 2.16. The molecule has 0 aliphatic heterocycles. The van der Waals surface area contributed by atoms with Crippen LogP contribution in [0.15, 0.2) is 71.4 Å². The Labute approximate surface area is 156 Å². The second-order valence-electron chi connectivity index (χ2n) is 6.07. The summed E-state index contributed by atoms with van der Waals surface area (Å²) < 4.78 is 11.1. The van der Waals surface area contributed by atoms with Crippen molar-refractivity contribution in [1.29, 1.82) is 0 Å². The van der Waals surface area contributed by atoms with Crippen LogP contribution < -0.4 is 10.1 Å². The zero-order valence-corrected chi connectivity index (χ0v) is 14.8. The van der Waals surface area contributed by atoms with E-state index in [4.69, 9.17) is 9.15 Å². The Hall–Kier alpha value is -3.38. The van der Waals surface area contributed by atoms with Crippen molar-refractivity contribution in [3.05, 3.63) is 72.6 Å². The van der Waals surface area contributed by atoms with Crippen LogP contribution in [0, 0.1) is 0 Å². The van der Waals surface area contributed by atoms with Gasteiger partial charge in [-0.05, 0) is 35.9 Å². The molecule has 0 spiro atoms. The highest BCUT2D eigenvalue weighted by Crippen LogP contribution is 2.32. The molecule has 2 aromatic heterocycles. The minimum atomic E-state index is -0.274. The Kier molecular flexibility index (Phi) is 4.72. The van der Waals surface area contributed by atoms with E-state index in [1.807, 2.05) is 60.7 Å². The normalized spacial score (nSPS) is 12.1. The molecule has 0 saturated carbocycles. The van der Waals surface area contributed by atoms with Crippen molar-refractivity contribution in [2.75, 3.05) is 19.0 Å². The molecule has 4 rings (SSSR count). The van der Waals surface area contributed by atoms with Gasteiger partial charge in [0.05, 0.1) is 25.1 Å². The maximum atomic E-state index is 9.80. The summed E-state index contributed by atoms with van der Waals surface area (Å²) in [7, 11) is 1.63. The van der Waals surface area contributed by atoms with E-state index in [0.717, 1.165) is 22.3 Å². The molecule has 4 aromatic rings. The molecule has 0 amide bonds. The van der Waals surface area contributed by atoms with Gasteiger partial charge in [-0.1, -0.05) is 30.3 Å². The molecule has 0 aliphatic rings. The molecule has 27 heavy (non-hydrogen) atoms. The molecular formula is C21H19N3O3. The molecule has 6 heteroatoms. The first kappa shape index (κ1) is 17.1. The summed E-state index contributed by atoms with van der Waals surface area (Å²) >= 11 is 0. The van der Waals surface area contributed by atoms with Crippen molar-refractivity contribution in [2.24, 2.45) is 0 Å². The van der Waals surface area contributed by atoms with Gasteiger partial charge in [-0.25, -0.2) is 9.97 Å². The average molecular weight is 361 g/mol. The van der Waals surface area contributed by atoms with E-state index in [1.165, 1.54) is 6.33 Å². The summed E-state index contributed by atoms with van der Waals surface area (Å²) in [5.41, 5.74) is 2.38. The van der Waals surface area contributed by atoms with Crippen LogP contribution in [-0.2, 0) is 0 Å². The van der Waals surface area contributed by atoms with Gasteiger partial charge in [0.25, 0.3) is 0 Å². The van der Waals surface area contributed by atoms with Gasteiger partial charge in [0, 0.05) is 5.56 Å². The highest BCUT2D eigenvalue weighted by molar-refractivity contribution is 5.89. The molecule has 6 nitrogen and oxygen atoms in total. The largest absolute Gasteiger partial charge is 0.497 e. The van der Waals surface area contributed by atoms with Gasteiger partial charge in [-0.15, -0.1) is 0 Å². The molecule has 0 saturated heterocycles. The Morgan fingerprint density at radius 3 is 2.56 bits per heavy atom. The van der Waals surface area contributed by atoms with Crippen molar-refractivity contribution in [2.45, 2.75) is 6.04 Å². The van der Waals surface area contributed by atoms with E-state index in [0.29, 0.717) is 17.3 Å². The van der Waals surface area contributed by atoms with Crippen LogP contribution in [0.3, 0.4) is 0 Å². The van der Waals surface area contributed by atoms with Gasteiger partial charge < -0.3 is 19.6 Å². The zero-order valence-electron chi connectivity index (χ0n) is 14.8. The minimum absolute atomic E-state index is 0.0568. The van der Waals surface area contributed by atoms with E-state index in [9.17, 15) is 5.11 Å². The molecular weight excluding hydrogens is 342 g/mol. The quantitative estimate of drug-likeness (QED) is 0.539. The van der Waals surface area contributed by atoms with E-state index in [-0.39, 0.29) is 12.6 Å². The van der Waals surface area contributed by atoms with Crippen molar-refractivity contribution in [1.82, 2.24) is 9.97 Å². The van der Waals surface area contributed by atoms with Gasteiger partial charge in [-0.2, -0.15) is 0 Å². The van der Waals surface area contributed by atoms with Crippen LogP contribution in [-0.4, -0.2) is 28.8 Å². The lowest BCUT2D eigenvalue weighted by atomic mass is 10.1. The van der Waals surface area contributed by atoms with E-state index in [1.54, 1.807) is 7.11 Å². The second-order valence-corrected chi connectivity index (χ2v) is 6.07. The number of fused-ring (bicyclic) bond motifs is 1.